The summed E-state index contributed by atoms with van der Waals surface area (Å²) in [5.74, 6) is 2.39. The number of ether oxygens (including phenoxy) is 1. The van der Waals surface area contributed by atoms with E-state index in [9.17, 15) is 0 Å². The zero-order valence-electron chi connectivity index (χ0n) is 13.4. The van der Waals surface area contributed by atoms with Crippen molar-refractivity contribution < 1.29 is 4.74 Å². The van der Waals surface area contributed by atoms with E-state index < -0.39 is 0 Å². The first kappa shape index (κ1) is 16.6. The van der Waals surface area contributed by atoms with Gasteiger partial charge in [-0.25, -0.2) is 0 Å². The first-order valence-corrected chi connectivity index (χ1v) is 8.63. The Kier molecular flexibility index (Phi) is 6.38. The third kappa shape index (κ3) is 4.37. The molecule has 0 heterocycles. The summed E-state index contributed by atoms with van der Waals surface area (Å²) in [5, 5.41) is 4.24. The number of likely N-dealkylation sites (N-methyl/N-ethyl adjacent to an activating group) is 1. The van der Waals surface area contributed by atoms with Crippen molar-refractivity contribution in [2.45, 2.75) is 58.1 Å². The molecular formula is C18H28ClNO. The van der Waals surface area contributed by atoms with E-state index in [-0.39, 0.29) is 6.10 Å². The third-order valence-corrected chi connectivity index (χ3v) is 5.15. The lowest BCUT2D eigenvalue weighted by molar-refractivity contribution is 0.0882. The standard InChI is InChI=1S/C18H28ClNO/c1-4-14-8-5-6-11-17(14)18(20-3)13(2)21-16-10-7-9-15(19)12-16/h7,9-10,12-14,17-18,20H,4-6,8,11H2,1-3H3. The number of hydrogen-bond donors (Lipinski definition) is 1. The molecule has 118 valence electrons. The quantitative estimate of drug-likeness (QED) is 0.806. The first-order valence-electron chi connectivity index (χ1n) is 8.25. The highest BCUT2D eigenvalue weighted by Gasteiger charge is 2.33. The SMILES string of the molecule is CCC1CCCCC1C(NC)C(C)Oc1cccc(Cl)c1. The topological polar surface area (TPSA) is 21.3 Å². The average Bonchev–Trinajstić information content (AvgIpc) is 2.48. The summed E-state index contributed by atoms with van der Waals surface area (Å²) in [6, 6.07) is 8.09. The van der Waals surface area contributed by atoms with Gasteiger partial charge >= 0.3 is 0 Å². The summed E-state index contributed by atoms with van der Waals surface area (Å²) in [6.45, 7) is 4.49. The van der Waals surface area contributed by atoms with Crippen LogP contribution >= 0.6 is 11.6 Å². The first-order chi connectivity index (χ1) is 10.2. The fraction of sp³-hybridized carbons (Fsp3) is 0.667. The Morgan fingerprint density at radius 2 is 2.10 bits per heavy atom. The van der Waals surface area contributed by atoms with Crippen molar-refractivity contribution in [2.75, 3.05) is 7.05 Å². The van der Waals surface area contributed by atoms with Gasteiger partial charge < -0.3 is 10.1 Å². The predicted molar refractivity (Wildman–Crippen MR) is 90.1 cm³/mol. The van der Waals surface area contributed by atoms with Crippen molar-refractivity contribution in [3.8, 4) is 5.75 Å². The summed E-state index contributed by atoms with van der Waals surface area (Å²) in [5.41, 5.74) is 0. The van der Waals surface area contributed by atoms with Gasteiger partial charge in [0.25, 0.3) is 0 Å². The number of nitrogens with one attached hydrogen (secondary N) is 1. The lowest BCUT2D eigenvalue weighted by Gasteiger charge is -2.39. The smallest absolute Gasteiger partial charge is 0.121 e. The molecule has 1 aliphatic rings. The van der Waals surface area contributed by atoms with E-state index in [1.807, 2.05) is 24.3 Å². The average molecular weight is 310 g/mol. The van der Waals surface area contributed by atoms with Crippen molar-refractivity contribution in [3.63, 3.8) is 0 Å². The van der Waals surface area contributed by atoms with Gasteiger partial charge in [0.15, 0.2) is 0 Å². The second kappa shape index (κ2) is 8.05. The van der Waals surface area contributed by atoms with Crippen LogP contribution in [0.4, 0.5) is 0 Å². The summed E-state index contributed by atoms with van der Waals surface area (Å²) in [7, 11) is 2.06. The van der Waals surface area contributed by atoms with Crippen LogP contribution in [0.25, 0.3) is 0 Å². The van der Waals surface area contributed by atoms with Crippen LogP contribution in [0.5, 0.6) is 5.75 Å². The van der Waals surface area contributed by atoms with Crippen LogP contribution in [-0.4, -0.2) is 19.2 Å². The Labute approximate surface area is 134 Å². The molecule has 2 nitrogen and oxygen atoms in total. The summed E-state index contributed by atoms with van der Waals surface area (Å²) >= 11 is 6.04. The molecule has 0 aliphatic heterocycles. The van der Waals surface area contributed by atoms with Crippen molar-refractivity contribution in [1.29, 1.82) is 0 Å². The molecule has 0 amide bonds. The summed E-state index contributed by atoms with van der Waals surface area (Å²) in [4.78, 5) is 0. The molecule has 0 radical (unpaired) electrons. The van der Waals surface area contributed by atoms with Crippen LogP contribution in [0.15, 0.2) is 24.3 Å². The Morgan fingerprint density at radius 1 is 1.33 bits per heavy atom. The molecule has 4 unspecified atom stereocenters. The van der Waals surface area contributed by atoms with Crippen LogP contribution < -0.4 is 10.1 Å². The monoisotopic (exact) mass is 309 g/mol. The van der Waals surface area contributed by atoms with Gasteiger partial charge in [-0.2, -0.15) is 0 Å². The van der Waals surface area contributed by atoms with Gasteiger partial charge in [0.1, 0.15) is 11.9 Å². The van der Waals surface area contributed by atoms with E-state index in [0.29, 0.717) is 12.0 Å². The van der Waals surface area contributed by atoms with E-state index in [1.165, 1.54) is 32.1 Å². The molecule has 0 aromatic heterocycles. The van der Waals surface area contributed by atoms with Gasteiger partial charge in [-0.1, -0.05) is 50.3 Å². The predicted octanol–water partition coefficient (Wildman–Crippen LogP) is 4.91. The molecule has 1 aromatic carbocycles. The second-order valence-electron chi connectivity index (χ2n) is 6.21. The van der Waals surface area contributed by atoms with Crippen molar-refractivity contribution >= 4 is 11.6 Å². The zero-order chi connectivity index (χ0) is 15.2. The lowest BCUT2D eigenvalue weighted by Crippen LogP contribution is -2.48. The molecular weight excluding hydrogens is 282 g/mol. The van der Waals surface area contributed by atoms with Gasteiger partial charge in [0, 0.05) is 11.1 Å². The van der Waals surface area contributed by atoms with Crippen LogP contribution in [-0.2, 0) is 0 Å². The van der Waals surface area contributed by atoms with Crippen LogP contribution in [0, 0.1) is 11.8 Å². The number of halogens is 1. The van der Waals surface area contributed by atoms with Crippen molar-refractivity contribution in [2.24, 2.45) is 11.8 Å². The summed E-state index contributed by atoms with van der Waals surface area (Å²) < 4.78 is 6.15. The number of hydrogen-bond acceptors (Lipinski definition) is 2. The minimum Gasteiger partial charge on any atom is -0.489 e. The number of rotatable bonds is 6. The highest BCUT2D eigenvalue weighted by atomic mass is 35.5. The molecule has 1 aromatic rings. The lowest BCUT2D eigenvalue weighted by atomic mass is 9.73. The van der Waals surface area contributed by atoms with E-state index in [4.69, 9.17) is 16.3 Å². The molecule has 21 heavy (non-hydrogen) atoms. The summed E-state index contributed by atoms with van der Waals surface area (Å²) in [6.07, 6.45) is 6.83. The minimum absolute atomic E-state index is 0.144. The largest absolute Gasteiger partial charge is 0.489 e. The van der Waals surface area contributed by atoms with E-state index in [0.717, 1.165) is 16.7 Å². The molecule has 4 atom stereocenters. The van der Waals surface area contributed by atoms with Gasteiger partial charge in [-0.3, -0.25) is 0 Å². The van der Waals surface area contributed by atoms with E-state index >= 15 is 0 Å². The Balaban J connectivity index is 2.05. The number of benzene rings is 1. The molecule has 3 heteroatoms. The molecule has 1 fully saturated rings. The molecule has 0 spiro atoms. The zero-order valence-corrected chi connectivity index (χ0v) is 14.2. The normalized spacial score (nSPS) is 25.3. The van der Waals surface area contributed by atoms with E-state index in [2.05, 4.69) is 26.2 Å². The molecule has 1 aliphatic carbocycles. The Morgan fingerprint density at radius 3 is 2.76 bits per heavy atom. The van der Waals surface area contributed by atoms with Gasteiger partial charge in [0.05, 0.1) is 0 Å². The third-order valence-electron chi connectivity index (χ3n) is 4.91. The van der Waals surface area contributed by atoms with Gasteiger partial charge in [0.2, 0.25) is 0 Å². The molecule has 0 saturated heterocycles. The van der Waals surface area contributed by atoms with Crippen molar-refractivity contribution in [3.05, 3.63) is 29.3 Å². The van der Waals surface area contributed by atoms with Crippen LogP contribution in [0.3, 0.4) is 0 Å². The molecule has 2 rings (SSSR count). The molecule has 1 N–H and O–H groups in total. The maximum absolute atomic E-state index is 6.15. The van der Waals surface area contributed by atoms with Gasteiger partial charge in [-0.05, 0) is 50.4 Å². The minimum atomic E-state index is 0.144. The van der Waals surface area contributed by atoms with E-state index in [1.54, 1.807) is 0 Å². The Hall–Kier alpha value is -0.730. The van der Waals surface area contributed by atoms with Gasteiger partial charge in [-0.15, -0.1) is 0 Å². The maximum Gasteiger partial charge on any atom is 0.121 e. The molecule has 1 saturated carbocycles. The second-order valence-corrected chi connectivity index (χ2v) is 6.65. The van der Waals surface area contributed by atoms with Crippen molar-refractivity contribution in [1.82, 2.24) is 5.32 Å². The molecule has 0 bridgehead atoms. The highest BCUT2D eigenvalue weighted by molar-refractivity contribution is 6.30. The van der Waals surface area contributed by atoms with Crippen LogP contribution in [0.1, 0.15) is 46.0 Å². The maximum atomic E-state index is 6.15. The Bertz CT molecular complexity index is 437. The fourth-order valence-corrected chi connectivity index (χ4v) is 4.02. The fourth-order valence-electron chi connectivity index (χ4n) is 3.84. The highest BCUT2D eigenvalue weighted by Crippen LogP contribution is 2.36. The van der Waals surface area contributed by atoms with Crippen LogP contribution in [0.2, 0.25) is 5.02 Å².